The molecule has 10 heteroatoms. The number of sulfonamides is 1. The minimum absolute atomic E-state index is 0.137. The van der Waals surface area contributed by atoms with E-state index in [1.807, 2.05) is 11.8 Å². The van der Waals surface area contributed by atoms with Gasteiger partial charge in [0.2, 0.25) is 15.6 Å². The third-order valence-electron chi connectivity index (χ3n) is 5.20. The predicted octanol–water partition coefficient (Wildman–Crippen LogP) is 1.57. The number of morpholine rings is 1. The van der Waals surface area contributed by atoms with Crippen LogP contribution in [-0.4, -0.2) is 45.6 Å². The second-order valence-corrected chi connectivity index (χ2v) is 8.92. The first-order valence-electron chi connectivity index (χ1n) is 9.67. The molecule has 162 valence electrons. The number of nitrogens with zero attached hydrogens (tertiary/aromatic N) is 1. The second kappa shape index (κ2) is 8.14. The molecule has 0 bridgehead atoms. The monoisotopic (exact) mass is 442 g/mol. The largest absolute Gasteiger partial charge is 0.378 e. The number of fused-ring (bicyclic) bond motifs is 1. The van der Waals surface area contributed by atoms with Crippen LogP contribution in [0.2, 0.25) is 0 Å². The van der Waals surface area contributed by atoms with Crippen molar-refractivity contribution in [3.8, 4) is 0 Å². The minimum atomic E-state index is -3.97. The topological polar surface area (TPSA) is 135 Å². The van der Waals surface area contributed by atoms with Crippen molar-refractivity contribution in [3.63, 3.8) is 0 Å². The van der Waals surface area contributed by atoms with E-state index in [2.05, 4.69) is 10.3 Å². The van der Waals surface area contributed by atoms with Crippen LogP contribution in [0, 0.1) is 6.92 Å². The molecule has 2 heterocycles. The summed E-state index contributed by atoms with van der Waals surface area (Å²) in [4.78, 5) is 29.4. The molecule has 1 aromatic heterocycles. The maximum Gasteiger partial charge on any atom is 0.257 e. The van der Waals surface area contributed by atoms with Crippen LogP contribution in [0.5, 0.6) is 0 Å². The van der Waals surface area contributed by atoms with Crippen LogP contribution < -0.4 is 20.9 Å². The normalized spacial score (nSPS) is 14.6. The molecule has 4 N–H and O–H groups in total. The Hall–Kier alpha value is -3.21. The number of carbonyl (C=O) groups excluding carboxylic acids is 1. The quantitative estimate of drug-likeness (QED) is 0.561. The van der Waals surface area contributed by atoms with Crippen molar-refractivity contribution in [3.05, 3.63) is 63.9 Å². The molecule has 0 aliphatic carbocycles. The number of ether oxygens (including phenoxy) is 1. The van der Waals surface area contributed by atoms with Gasteiger partial charge in [-0.2, -0.15) is 0 Å². The van der Waals surface area contributed by atoms with Crippen LogP contribution in [0.1, 0.15) is 15.9 Å². The Kier molecular flexibility index (Phi) is 5.52. The number of benzene rings is 2. The summed E-state index contributed by atoms with van der Waals surface area (Å²) in [7, 11) is -3.97. The van der Waals surface area contributed by atoms with Gasteiger partial charge in [-0.3, -0.25) is 9.59 Å². The molecule has 1 saturated heterocycles. The van der Waals surface area contributed by atoms with E-state index in [0.717, 1.165) is 10.9 Å². The van der Waals surface area contributed by atoms with E-state index < -0.39 is 15.9 Å². The highest BCUT2D eigenvalue weighted by Crippen LogP contribution is 2.27. The van der Waals surface area contributed by atoms with Crippen LogP contribution in [0.4, 0.5) is 11.4 Å². The molecule has 1 fully saturated rings. The lowest BCUT2D eigenvalue weighted by Crippen LogP contribution is -2.37. The molecule has 0 unspecified atom stereocenters. The first kappa shape index (κ1) is 21.0. The molecule has 2 aromatic carbocycles. The van der Waals surface area contributed by atoms with Crippen molar-refractivity contribution in [2.45, 2.75) is 11.8 Å². The molecule has 4 rings (SSSR count). The van der Waals surface area contributed by atoms with Crippen molar-refractivity contribution in [1.82, 2.24) is 4.98 Å². The number of pyridine rings is 1. The van der Waals surface area contributed by atoms with Crippen molar-refractivity contribution < 1.29 is 17.9 Å². The molecular formula is C21H22N4O5S. The summed E-state index contributed by atoms with van der Waals surface area (Å²) in [5, 5.41) is 8.90. The molecule has 0 atom stereocenters. The van der Waals surface area contributed by atoms with Crippen LogP contribution >= 0.6 is 0 Å². The van der Waals surface area contributed by atoms with E-state index >= 15 is 0 Å². The number of carbonyl (C=O) groups is 1. The fourth-order valence-corrected chi connectivity index (χ4v) is 4.19. The maximum atomic E-state index is 13.2. The molecular weight excluding hydrogens is 420 g/mol. The smallest absolute Gasteiger partial charge is 0.257 e. The fraction of sp³-hybridized carbons (Fsp3) is 0.238. The van der Waals surface area contributed by atoms with Gasteiger partial charge in [-0.25, -0.2) is 13.6 Å². The number of nitrogens with two attached hydrogens (primary N) is 1. The molecule has 31 heavy (non-hydrogen) atoms. The number of aromatic amines is 1. The van der Waals surface area contributed by atoms with Crippen molar-refractivity contribution >= 4 is 38.2 Å². The van der Waals surface area contributed by atoms with Gasteiger partial charge in [0, 0.05) is 41.4 Å². The molecule has 1 aliphatic rings. The van der Waals surface area contributed by atoms with Crippen LogP contribution in [0.3, 0.4) is 0 Å². The Morgan fingerprint density at radius 3 is 2.58 bits per heavy atom. The molecule has 0 saturated carbocycles. The van der Waals surface area contributed by atoms with Gasteiger partial charge in [-0.15, -0.1) is 0 Å². The highest BCUT2D eigenvalue weighted by atomic mass is 32.2. The molecule has 1 amide bonds. The number of rotatable bonds is 4. The number of H-pyrrole nitrogens is 1. The van der Waals surface area contributed by atoms with Crippen LogP contribution in [0.25, 0.3) is 10.9 Å². The van der Waals surface area contributed by atoms with E-state index in [-0.39, 0.29) is 16.0 Å². The third-order valence-corrected chi connectivity index (χ3v) is 6.11. The van der Waals surface area contributed by atoms with Gasteiger partial charge in [0.15, 0.2) is 0 Å². The van der Waals surface area contributed by atoms with Gasteiger partial charge < -0.3 is 19.9 Å². The number of aromatic nitrogens is 1. The van der Waals surface area contributed by atoms with Gasteiger partial charge in [-0.05, 0) is 48.9 Å². The number of nitrogens with one attached hydrogen (secondary N) is 2. The Bertz CT molecular complexity index is 1330. The van der Waals surface area contributed by atoms with E-state index in [9.17, 15) is 18.0 Å². The summed E-state index contributed by atoms with van der Waals surface area (Å²) in [5.74, 6) is -0.464. The Morgan fingerprint density at radius 1 is 1.13 bits per heavy atom. The highest BCUT2D eigenvalue weighted by Gasteiger charge is 2.22. The summed E-state index contributed by atoms with van der Waals surface area (Å²) in [6.07, 6.45) is 0. The lowest BCUT2D eigenvalue weighted by atomic mass is 10.1. The first-order chi connectivity index (χ1) is 14.7. The average Bonchev–Trinajstić information content (AvgIpc) is 2.73. The zero-order valence-corrected chi connectivity index (χ0v) is 17.7. The van der Waals surface area contributed by atoms with E-state index in [1.165, 1.54) is 18.2 Å². The predicted molar refractivity (Wildman–Crippen MR) is 118 cm³/mol. The zero-order chi connectivity index (χ0) is 22.2. The van der Waals surface area contributed by atoms with Crippen molar-refractivity contribution in [1.29, 1.82) is 0 Å². The van der Waals surface area contributed by atoms with Crippen molar-refractivity contribution in [2.75, 3.05) is 36.5 Å². The Labute approximate surface area is 178 Å². The lowest BCUT2D eigenvalue weighted by Gasteiger charge is -2.30. The molecule has 0 spiro atoms. The number of hydrogen-bond donors (Lipinski definition) is 3. The van der Waals surface area contributed by atoms with E-state index in [4.69, 9.17) is 9.88 Å². The standard InChI is InChI=1S/C21H22N4O5S/c1-13-10-20(26)24-18-4-2-14(11-16(13)18)23-21(27)17-12-15(31(22,28)29)3-5-19(17)25-6-8-30-9-7-25/h2-5,10-12H,6-9H2,1H3,(H,23,27)(H,24,26)(H2,22,28,29). The van der Waals surface area contributed by atoms with E-state index in [0.29, 0.717) is 43.2 Å². The summed E-state index contributed by atoms with van der Waals surface area (Å²) in [5.41, 5.74) is 2.56. The van der Waals surface area contributed by atoms with Crippen molar-refractivity contribution in [2.24, 2.45) is 5.14 Å². The zero-order valence-electron chi connectivity index (χ0n) is 16.8. The third kappa shape index (κ3) is 4.46. The molecule has 1 aliphatic heterocycles. The van der Waals surface area contributed by atoms with Crippen LogP contribution in [-0.2, 0) is 14.8 Å². The number of aryl methyl sites for hydroxylation is 1. The number of anilines is 2. The van der Waals surface area contributed by atoms with Gasteiger partial charge in [0.25, 0.3) is 5.91 Å². The average molecular weight is 442 g/mol. The first-order valence-corrected chi connectivity index (χ1v) is 11.2. The van der Waals surface area contributed by atoms with Gasteiger partial charge in [-0.1, -0.05) is 0 Å². The minimum Gasteiger partial charge on any atom is -0.378 e. The number of amides is 1. The summed E-state index contributed by atoms with van der Waals surface area (Å²) >= 11 is 0. The van der Waals surface area contributed by atoms with E-state index in [1.54, 1.807) is 24.3 Å². The maximum absolute atomic E-state index is 13.2. The molecule has 9 nitrogen and oxygen atoms in total. The van der Waals surface area contributed by atoms with Gasteiger partial charge in [0.05, 0.1) is 23.7 Å². The van der Waals surface area contributed by atoms with Crippen LogP contribution in [0.15, 0.2) is 52.2 Å². The number of hydrogen-bond acceptors (Lipinski definition) is 6. The SMILES string of the molecule is Cc1cc(=O)[nH]c2ccc(NC(=O)c3cc(S(N)(=O)=O)ccc3N3CCOCC3)cc12. The Morgan fingerprint density at radius 2 is 1.87 bits per heavy atom. The summed E-state index contributed by atoms with van der Waals surface area (Å²) < 4.78 is 29.1. The molecule has 0 radical (unpaired) electrons. The highest BCUT2D eigenvalue weighted by molar-refractivity contribution is 7.89. The van der Waals surface area contributed by atoms with Gasteiger partial charge >= 0.3 is 0 Å². The lowest BCUT2D eigenvalue weighted by molar-refractivity contribution is 0.102. The number of primary sulfonamides is 1. The summed E-state index contributed by atoms with van der Waals surface area (Å²) in [6.45, 7) is 4.00. The fourth-order valence-electron chi connectivity index (χ4n) is 3.65. The summed E-state index contributed by atoms with van der Waals surface area (Å²) in [6, 6.07) is 10.9. The Balaban J connectivity index is 1.72. The molecule has 3 aromatic rings. The van der Waals surface area contributed by atoms with Gasteiger partial charge in [0.1, 0.15) is 0 Å². The second-order valence-electron chi connectivity index (χ2n) is 7.35.